The molecule has 0 saturated carbocycles. The van der Waals surface area contributed by atoms with Crippen molar-refractivity contribution < 1.29 is 0 Å². The van der Waals surface area contributed by atoms with E-state index in [1.807, 2.05) is 11.3 Å². The number of thiophene rings is 1. The van der Waals surface area contributed by atoms with Gasteiger partial charge in [-0.2, -0.15) is 0 Å². The Morgan fingerprint density at radius 1 is 1.33 bits per heavy atom. The fourth-order valence-corrected chi connectivity index (χ4v) is 3.10. The molecule has 2 nitrogen and oxygen atoms in total. The first-order chi connectivity index (χ1) is 7.13. The average molecular weight is 226 g/mol. The minimum Gasteiger partial charge on any atom is -0.329 e. The Morgan fingerprint density at radius 2 is 1.93 bits per heavy atom. The van der Waals surface area contributed by atoms with Crippen molar-refractivity contribution in [1.82, 2.24) is 4.90 Å². The van der Waals surface area contributed by atoms with Gasteiger partial charge in [-0.1, -0.05) is 13.8 Å². The zero-order chi connectivity index (χ0) is 11.4. The predicted molar refractivity (Wildman–Crippen MR) is 68.5 cm³/mol. The number of likely N-dealkylation sites (N-methyl/N-ethyl adjacent to an activating group) is 1. The van der Waals surface area contributed by atoms with Crippen LogP contribution in [-0.2, 0) is 0 Å². The van der Waals surface area contributed by atoms with Gasteiger partial charge in [-0.05, 0) is 38.6 Å². The molecule has 1 aromatic rings. The molecule has 1 rings (SSSR count). The van der Waals surface area contributed by atoms with Crippen LogP contribution in [0.4, 0.5) is 0 Å². The molecule has 3 heteroatoms. The van der Waals surface area contributed by atoms with E-state index in [9.17, 15) is 0 Å². The molecule has 1 atom stereocenters. The summed E-state index contributed by atoms with van der Waals surface area (Å²) < 4.78 is 0. The lowest BCUT2D eigenvalue weighted by Crippen LogP contribution is -2.33. The molecule has 1 heterocycles. The van der Waals surface area contributed by atoms with Crippen molar-refractivity contribution in [3.63, 3.8) is 0 Å². The molecular weight excluding hydrogens is 204 g/mol. The van der Waals surface area contributed by atoms with Crippen LogP contribution in [0.3, 0.4) is 0 Å². The summed E-state index contributed by atoms with van der Waals surface area (Å²) in [5.74, 6) is 0. The summed E-state index contributed by atoms with van der Waals surface area (Å²) in [6.07, 6.45) is 0. The maximum absolute atomic E-state index is 5.90. The molecule has 2 N–H and O–H groups in total. The molecule has 86 valence electrons. The fourth-order valence-electron chi connectivity index (χ4n) is 2.12. The highest BCUT2D eigenvalue weighted by molar-refractivity contribution is 7.12. The molecule has 0 spiro atoms. The molecule has 0 radical (unpaired) electrons. The lowest BCUT2D eigenvalue weighted by Gasteiger charge is -2.28. The van der Waals surface area contributed by atoms with E-state index in [0.29, 0.717) is 12.6 Å². The number of hydrogen-bond acceptors (Lipinski definition) is 3. The van der Waals surface area contributed by atoms with E-state index >= 15 is 0 Å². The molecular formula is C12H22N2S. The summed E-state index contributed by atoms with van der Waals surface area (Å²) >= 11 is 1.87. The zero-order valence-electron chi connectivity index (χ0n) is 10.2. The van der Waals surface area contributed by atoms with Crippen molar-refractivity contribution in [2.75, 3.05) is 19.6 Å². The van der Waals surface area contributed by atoms with Gasteiger partial charge in [-0.3, -0.25) is 4.90 Å². The van der Waals surface area contributed by atoms with Crippen LogP contribution < -0.4 is 5.73 Å². The van der Waals surface area contributed by atoms with Crippen molar-refractivity contribution in [3.8, 4) is 0 Å². The largest absolute Gasteiger partial charge is 0.329 e. The molecule has 1 aromatic heterocycles. The van der Waals surface area contributed by atoms with Crippen molar-refractivity contribution >= 4 is 11.3 Å². The summed E-state index contributed by atoms with van der Waals surface area (Å²) in [6, 6.07) is 2.68. The quantitative estimate of drug-likeness (QED) is 0.836. The zero-order valence-corrected chi connectivity index (χ0v) is 11.0. The minimum atomic E-state index is 0.393. The van der Waals surface area contributed by atoms with E-state index in [2.05, 4.69) is 38.7 Å². The first-order valence-electron chi connectivity index (χ1n) is 5.65. The van der Waals surface area contributed by atoms with E-state index in [4.69, 9.17) is 5.73 Å². The van der Waals surface area contributed by atoms with Crippen LogP contribution >= 0.6 is 11.3 Å². The summed E-state index contributed by atoms with van der Waals surface area (Å²) in [7, 11) is 0. The van der Waals surface area contributed by atoms with Crippen molar-refractivity contribution in [3.05, 3.63) is 21.4 Å². The smallest absolute Gasteiger partial charge is 0.0481 e. The Bertz CT molecular complexity index is 303. The molecule has 0 aliphatic rings. The second-order valence-corrected chi connectivity index (χ2v) is 5.30. The van der Waals surface area contributed by atoms with Crippen molar-refractivity contribution in [2.24, 2.45) is 5.73 Å². The predicted octanol–water partition coefficient (Wildman–Crippen LogP) is 2.71. The Labute approximate surface area is 97.1 Å². The van der Waals surface area contributed by atoms with Gasteiger partial charge in [0.2, 0.25) is 0 Å². The summed E-state index contributed by atoms with van der Waals surface area (Å²) in [4.78, 5) is 5.22. The van der Waals surface area contributed by atoms with Gasteiger partial charge in [0.15, 0.2) is 0 Å². The van der Waals surface area contributed by atoms with Crippen LogP contribution in [0.1, 0.15) is 35.2 Å². The fraction of sp³-hybridized carbons (Fsp3) is 0.667. The van der Waals surface area contributed by atoms with Gasteiger partial charge >= 0.3 is 0 Å². The summed E-state index contributed by atoms with van der Waals surface area (Å²) in [5.41, 5.74) is 7.32. The lowest BCUT2D eigenvalue weighted by molar-refractivity contribution is 0.224. The van der Waals surface area contributed by atoms with Crippen LogP contribution in [0.2, 0.25) is 0 Å². The second kappa shape index (κ2) is 5.64. The third-order valence-electron chi connectivity index (χ3n) is 2.91. The van der Waals surface area contributed by atoms with E-state index < -0.39 is 0 Å². The highest BCUT2D eigenvalue weighted by Gasteiger charge is 2.19. The third kappa shape index (κ3) is 2.80. The van der Waals surface area contributed by atoms with Crippen LogP contribution in [-0.4, -0.2) is 24.5 Å². The Hall–Kier alpha value is -0.380. The molecule has 0 amide bonds. The monoisotopic (exact) mass is 226 g/mol. The average Bonchev–Trinajstić information content (AvgIpc) is 2.54. The van der Waals surface area contributed by atoms with Gasteiger partial charge in [0.05, 0.1) is 0 Å². The summed E-state index contributed by atoms with van der Waals surface area (Å²) in [5, 5.41) is 0. The van der Waals surface area contributed by atoms with Gasteiger partial charge in [-0.25, -0.2) is 0 Å². The number of aryl methyl sites for hydroxylation is 2. The van der Waals surface area contributed by atoms with Crippen LogP contribution in [0.25, 0.3) is 0 Å². The van der Waals surface area contributed by atoms with Gasteiger partial charge in [-0.15, -0.1) is 11.3 Å². The van der Waals surface area contributed by atoms with E-state index in [1.54, 1.807) is 0 Å². The lowest BCUT2D eigenvalue weighted by atomic mass is 10.1. The molecule has 0 aliphatic carbocycles. The normalized spacial score (nSPS) is 13.5. The molecule has 0 bridgehead atoms. The highest BCUT2D eigenvalue weighted by atomic mass is 32.1. The molecule has 15 heavy (non-hydrogen) atoms. The number of nitrogens with zero attached hydrogens (tertiary/aromatic N) is 1. The van der Waals surface area contributed by atoms with Crippen LogP contribution in [0.5, 0.6) is 0 Å². The molecule has 0 aliphatic heterocycles. The Kier molecular flexibility index (Phi) is 4.77. The maximum Gasteiger partial charge on any atom is 0.0481 e. The number of nitrogens with two attached hydrogens (primary N) is 1. The van der Waals surface area contributed by atoms with E-state index in [1.165, 1.54) is 15.3 Å². The Morgan fingerprint density at radius 3 is 2.27 bits per heavy atom. The first kappa shape index (κ1) is 12.7. The van der Waals surface area contributed by atoms with Gasteiger partial charge in [0.25, 0.3) is 0 Å². The van der Waals surface area contributed by atoms with Crippen LogP contribution in [0, 0.1) is 13.8 Å². The van der Waals surface area contributed by atoms with Gasteiger partial charge < -0.3 is 5.73 Å². The molecule has 0 fully saturated rings. The maximum atomic E-state index is 5.90. The van der Waals surface area contributed by atoms with Crippen molar-refractivity contribution in [2.45, 2.75) is 33.7 Å². The number of rotatable bonds is 5. The third-order valence-corrected chi connectivity index (χ3v) is 3.90. The van der Waals surface area contributed by atoms with Gasteiger partial charge in [0.1, 0.15) is 0 Å². The molecule has 0 aromatic carbocycles. The minimum absolute atomic E-state index is 0.393. The Balaban J connectivity index is 2.95. The molecule has 1 unspecified atom stereocenters. The summed E-state index contributed by atoms with van der Waals surface area (Å²) in [6.45, 7) is 11.6. The van der Waals surface area contributed by atoms with E-state index in [-0.39, 0.29) is 0 Å². The SMILES string of the molecule is CCN(CC)C(CN)c1cc(C)sc1C. The first-order valence-corrected chi connectivity index (χ1v) is 6.46. The van der Waals surface area contributed by atoms with E-state index in [0.717, 1.165) is 13.1 Å². The standard InChI is InChI=1S/C12H22N2S/c1-5-14(6-2)12(8-13)11-7-9(3)15-10(11)4/h7,12H,5-6,8,13H2,1-4H3. The van der Waals surface area contributed by atoms with Crippen molar-refractivity contribution in [1.29, 1.82) is 0 Å². The topological polar surface area (TPSA) is 29.3 Å². The van der Waals surface area contributed by atoms with Gasteiger partial charge in [0, 0.05) is 22.3 Å². The van der Waals surface area contributed by atoms with Crippen LogP contribution in [0.15, 0.2) is 6.07 Å². The second-order valence-electron chi connectivity index (χ2n) is 3.84. The highest BCUT2D eigenvalue weighted by Crippen LogP contribution is 2.29. The molecule has 0 saturated heterocycles. The number of hydrogen-bond donors (Lipinski definition) is 1.